The van der Waals surface area contributed by atoms with Crippen LogP contribution in [-0.4, -0.2) is 0 Å². The maximum Gasteiger partial charge on any atom is 0.126 e. The van der Waals surface area contributed by atoms with Gasteiger partial charge in [-0.3, -0.25) is 0 Å². The van der Waals surface area contributed by atoms with Crippen molar-refractivity contribution >= 4 is 5.57 Å². The highest BCUT2D eigenvalue weighted by molar-refractivity contribution is 5.79. The second-order valence-electron chi connectivity index (χ2n) is 6.49. The zero-order chi connectivity index (χ0) is 17.2. The van der Waals surface area contributed by atoms with E-state index in [0.717, 1.165) is 23.5 Å². The number of rotatable bonds is 6. The van der Waals surface area contributed by atoms with Crippen molar-refractivity contribution in [1.82, 2.24) is 0 Å². The molecule has 0 bridgehead atoms. The summed E-state index contributed by atoms with van der Waals surface area (Å²) in [6.45, 7) is 3.74. The van der Waals surface area contributed by atoms with Crippen LogP contribution in [0.1, 0.15) is 57.9 Å². The summed E-state index contributed by atoms with van der Waals surface area (Å²) in [5.74, 6) is 0.652. The third-order valence-electron chi connectivity index (χ3n) is 4.74. The zero-order valence-corrected chi connectivity index (χ0v) is 15.0. The first-order chi connectivity index (χ1) is 11.7. The second-order valence-corrected chi connectivity index (χ2v) is 6.49. The van der Waals surface area contributed by atoms with E-state index in [4.69, 9.17) is 0 Å². The molecule has 1 heteroatoms. The van der Waals surface area contributed by atoms with Crippen molar-refractivity contribution in [3.8, 4) is 0 Å². The van der Waals surface area contributed by atoms with Crippen molar-refractivity contribution < 1.29 is 4.39 Å². The lowest BCUT2D eigenvalue weighted by molar-refractivity contribution is 0.361. The van der Waals surface area contributed by atoms with E-state index in [0.29, 0.717) is 5.57 Å². The average Bonchev–Trinajstić information content (AvgIpc) is 2.65. The first-order valence-corrected chi connectivity index (χ1v) is 9.16. The van der Waals surface area contributed by atoms with Gasteiger partial charge in [0.15, 0.2) is 0 Å². The van der Waals surface area contributed by atoms with Crippen molar-refractivity contribution in [3.05, 3.63) is 77.7 Å². The van der Waals surface area contributed by atoms with Gasteiger partial charge in [0, 0.05) is 5.57 Å². The van der Waals surface area contributed by atoms with Crippen LogP contribution in [0.5, 0.6) is 0 Å². The summed E-state index contributed by atoms with van der Waals surface area (Å²) in [5, 5.41) is 0. The molecule has 0 aromatic heterocycles. The summed E-state index contributed by atoms with van der Waals surface area (Å²) < 4.78 is 14.3. The molecule has 1 aromatic carbocycles. The average molecular weight is 324 g/mol. The minimum atomic E-state index is -0.179. The Balaban J connectivity index is 2.13. The van der Waals surface area contributed by atoms with Gasteiger partial charge < -0.3 is 0 Å². The van der Waals surface area contributed by atoms with E-state index in [9.17, 15) is 4.39 Å². The molecule has 1 aliphatic carbocycles. The van der Waals surface area contributed by atoms with Crippen molar-refractivity contribution in [2.45, 2.75) is 52.4 Å². The van der Waals surface area contributed by atoms with E-state index in [-0.39, 0.29) is 5.83 Å². The summed E-state index contributed by atoms with van der Waals surface area (Å²) >= 11 is 0. The summed E-state index contributed by atoms with van der Waals surface area (Å²) in [6, 6.07) is 9.75. The highest BCUT2D eigenvalue weighted by Crippen LogP contribution is 2.28. The van der Waals surface area contributed by atoms with Crippen LogP contribution in [0, 0.1) is 5.92 Å². The smallest absolute Gasteiger partial charge is 0.126 e. The zero-order valence-electron chi connectivity index (χ0n) is 15.0. The Morgan fingerprint density at radius 1 is 1.04 bits per heavy atom. The fraction of sp³-hybridized carbons (Fsp3) is 0.391. The van der Waals surface area contributed by atoms with Gasteiger partial charge in [0.1, 0.15) is 5.83 Å². The van der Waals surface area contributed by atoms with Gasteiger partial charge in [-0.2, -0.15) is 0 Å². The lowest BCUT2D eigenvalue weighted by Crippen LogP contribution is -2.04. The predicted molar refractivity (Wildman–Crippen MR) is 103 cm³/mol. The highest BCUT2D eigenvalue weighted by Gasteiger charge is 2.11. The quantitative estimate of drug-likeness (QED) is 0.478. The van der Waals surface area contributed by atoms with Gasteiger partial charge in [-0.05, 0) is 43.4 Å². The van der Waals surface area contributed by atoms with Crippen molar-refractivity contribution in [1.29, 1.82) is 0 Å². The summed E-state index contributed by atoms with van der Waals surface area (Å²) in [6.07, 6.45) is 17.9. The Morgan fingerprint density at radius 2 is 1.75 bits per heavy atom. The van der Waals surface area contributed by atoms with Crippen LogP contribution >= 0.6 is 0 Å². The molecule has 0 amide bonds. The van der Waals surface area contributed by atoms with Gasteiger partial charge >= 0.3 is 0 Å². The molecule has 0 N–H and O–H groups in total. The van der Waals surface area contributed by atoms with E-state index in [1.54, 1.807) is 6.92 Å². The summed E-state index contributed by atoms with van der Waals surface area (Å²) in [7, 11) is 0. The predicted octanol–water partition coefficient (Wildman–Crippen LogP) is 7.42. The van der Waals surface area contributed by atoms with E-state index < -0.39 is 0 Å². The van der Waals surface area contributed by atoms with Crippen LogP contribution in [0.4, 0.5) is 4.39 Å². The molecule has 0 heterocycles. The van der Waals surface area contributed by atoms with Crippen molar-refractivity contribution in [2.75, 3.05) is 0 Å². The van der Waals surface area contributed by atoms with Crippen LogP contribution in [-0.2, 0) is 0 Å². The molecule has 0 atom stereocenters. The maximum atomic E-state index is 14.3. The first-order valence-electron chi connectivity index (χ1n) is 9.16. The molecule has 1 aromatic rings. The van der Waals surface area contributed by atoms with Gasteiger partial charge in [-0.25, -0.2) is 4.39 Å². The fourth-order valence-corrected chi connectivity index (χ4v) is 3.28. The van der Waals surface area contributed by atoms with Crippen LogP contribution in [0.15, 0.2) is 72.1 Å². The normalized spacial score (nSPS) is 18.4. The molecule has 1 fully saturated rings. The molecule has 128 valence electrons. The number of benzene rings is 1. The molecule has 0 saturated heterocycles. The van der Waals surface area contributed by atoms with Gasteiger partial charge in [-0.15, -0.1) is 0 Å². The molecule has 1 saturated carbocycles. The minimum Gasteiger partial charge on any atom is -0.207 e. The number of hydrogen-bond donors (Lipinski definition) is 0. The van der Waals surface area contributed by atoms with E-state index >= 15 is 0 Å². The van der Waals surface area contributed by atoms with Crippen LogP contribution < -0.4 is 0 Å². The Morgan fingerprint density at radius 3 is 2.38 bits per heavy atom. The van der Waals surface area contributed by atoms with E-state index in [2.05, 4.69) is 12.2 Å². The fourth-order valence-electron chi connectivity index (χ4n) is 3.28. The van der Waals surface area contributed by atoms with Gasteiger partial charge in [-0.1, -0.05) is 86.7 Å². The summed E-state index contributed by atoms with van der Waals surface area (Å²) in [5.41, 5.74) is 2.61. The molecule has 0 nitrogen and oxygen atoms in total. The second kappa shape index (κ2) is 10.1. The molecule has 1 aliphatic rings. The van der Waals surface area contributed by atoms with Gasteiger partial charge in [0.2, 0.25) is 0 Å². The van der Waals surface area contributed by atoms with Crippen molar-refractivity contribution in [2.24, 2.45) is 5.92 Å². The third kappa shape index (κ3) is 5.63. The first kappa shape index (κ1) is 18.4. The number of halogens is 1. The molecular formula is C23H29F. The Bertz CT molecular complexity index is 611. The standard InChI is InChI=1S/C23H29F/c1-3-19(14-11-15-20-12-7-5-8-13-20)18-22(23(24)4-2)21-16-9-6-10-17-21/h3-4,6,9-11,14,16-18,20H,5,7-8,12-13,15H2,1-2H3/b14-11-,19-3+,22-18-,23-4+. The largest absolute Gasteiger partial charge is 0.207 e. The van der Waals surface area contributed by atoms with Crippen LogP contribution in [0.3, 0.4) is 0 Å². The van der Waals surface area contributed by atoms with E-state index in [1.807, 2.05) is 49.4 Å². The Hall–Kier alpha value is -1.89. The highest BCUT2D eigenvalue weighted by atomic mass is 19.1. The SMILES string of the molecule is C/C=C(\C=C/CC1CCCCC1)/C=C(\C(F)=C/C)c1ccccc1. The Kier molecular flexibility index (Phi) is 7.74. The Labute approximate surface area is 146 Å². The van der Waals surface area contributed by atoms with Crippen LogP contribution in [0.25, 0.3) is 5.57 Å². The minimum absolute atomic E-state index is 0.179. The molecule has 0 radical (unpaired) electrons. The summed E-state index contributed by atoms with van der Waals surface area (Å²) in [4.78, 5) is 0. The monoisotopic (exact) mass is 324 g/mol. The molecule has 0 aliphatic heterocycles. The van der Waals surface area contributed by atoms with Crippen molar-refractivity contribution in [3.63, 3.8) is 0 Å². The molecule has 0 unspecified atom stereocenters. The van der Waals surface area contributed by atoms with Gasteiger partial charge in [0.25, 0.3) is 0 Å². The molecular weight excluding hydrogens is 295 g/mol. The number of hydrogen-bond acceptors (Lipinski definition) is 0. The third-order valence-corrected chi connectivity index (χ3v) is 4.74. The number of allylic oxidation sites excluding steroid dienone is 8. The lowest BCUT2D eigenvalue weighted by Gasteiger charge is -2.19. The topological polar surface area (TPSA) is 0 Å². The van der Waals surface area contributed by atoms with Crippen LogP contribution in [0.2, 0.25) is 0 Å². The molecule has 2 rings (SSSR count). The molecule has 24 heavy (non-hydrogen) atoms. The lowest BCUT2D eigenvalue weighted by atomic mass is 9.87. The van der Waals surface area contributed by atoms with E-state index in [1.165, 1.54) is 38.2 Å². The molecule has 0 spiro atoms. The maximum absolute atomic E-state index is 14.3. The van der Waals surface area contributed by atoms with Gasteiger partial charge in [0.05, 0.1) is 0 Å².